The molecule has 1 aliphatic heterocycles. The van der Waals surface area contributed by atoms with Gasteiger partial charge >= 0.3 is 0 Å². The molecule has 2 aromatic carbocycles. The zero-order valence-corrected chi connectivity index (χ0v) is 24.2. The number of hydrogen-bond acceptors (Lipinski definition) is 8. The van der Waals surface area contributed by atoms with E-state index in [1.807, 2.05) is 41.0 Å². The molecule has 1 aliphatic rings. The molecule has 1 atom stereocenters. The molecule has 10 heteroatoms. The Morgan fingerprint density at radius 3 is 2.62 bits per heavy atom. The van der Waals surface area contributed by atoms with Crippen molar-refractivity contribution >= 4 is 45.9 Å². The topological polar surface area (TPSA) is 120 Å². The second-order valence-corrected chi connectivity index (χ2v) is 10.7. The van der Waals surface area contributed by atoms with Gasteiger partial charge in [0, 0.05) is 53.6 Å². The molecule has 218 valence electrons. The molecule has 4 N–H and O–H groups in total. The summed E-state index contributed by atoms with van der Waals surface area (Å²) in [5, 5.41) is 19.2. The van der Waals surface area contributed by atoms with Gasteiger partial charge < -0.3 is 30.5 Å². The minimum absolute atomic E-state index is 0.128. The van der Waals surface area contributed by atoms with Gasteiger partial charge in [-0.2, -0.15) is 9.97 Å². The second-order valence-electron chi connectivity index (χ2n) is 10.7. The Bertz CT molecular complexity index is 1580. The van der Waals surface area contributed by atoms with Gasteiger partial charge in [-0.3, -0.25) is 4.79 Å². The lowest BCUT2D eigenvalue weighted by molar-refractivity contribution is 0.102. The number of nitrogens with one attached hydrogen (secondary N) is 3. The molecular formula is C32H38N8O2. The monoisotopic (exact) mass is 566 g/mol. The van der Waals surface area contributed by atoms with Crippen LogP contribution in [-0.2, 0) is 0 Å². The van der Waals surface area contributed by atoms with Crippen LogP contribution >= 0.6 is 0 Å². The fourth-order valence-electron chi connectivity index (χ4n) is 5.17. The fraction of sp³-hybridized carbons (Fsp3) is 0.312. The SMILES string of the molecule is C=CC(=C)Nc1ccc(C(=O)Nc2cccc(Nc3nc(N4CCCCC4CCO)nc4c3ncn4C(C)C)c2)cc1. The number of aliphatic hydroxyl groups is 1. The first-order valence-corrected chi connectivity index (χ1v) is 14.3. The number of hydrogen-bond donors (Lipinski definition) is 4. The van der Waals surface area contributed by atoms with Gasteiger partial charge in [-0.25, -0.2) is 4.98 Å². The minimum Gasteiger partial charge on any atom is -0.396 e. The van der Waals surface area contributed by atoms with Crippen LogP contribution in [0.25, 0.3) is 11.2 Å². The van der Waals surface area contributed by atoms with Crippen molar-refractivity contribution in [3.8, 4) is 0 Å². The number of rotatable bonds is 11. The zero-order chi connectivity index (χ0) is 29.6. The molecule has 4 aromatic rings. The predicted octanol–water partition coefficient (Wildman–Crippen LogP) is 6.26. The summed E-state index contributed by atoms with van der Waals surface area (Å²) in [4.78, 5) is 29.7. The van der Waals surface area contributed by atoms with Crippen molar-refractivity contribution < 1.29 is 9.90 Å². The van der Waals surface area contributed by atoms with Crippen LogP contribution in [0.5, 0.6) is 0 Å². The lowest BCUT2D eigenvalue weighted by atomic mass is 10.0. The maximum atomic E-state index is 13.0. The number of carbonyl (C=O) groups excluding carboxylic acids is 1. The molecule has 1 fully saturated rings. The highest BCUT2D eigenvalue weighted by Gasteiger charge is 2.26. The van der Waals surface area contributed by atoms with E-state index in [0.717, 1.165) is 42.8 Å². The Morgan fingerprint density at radius 2 is 1.88 bits per heavy atom. The zero-order valence-electron chi connectivity index (χ0n) is 24.2. The van der Waals surface area contributed by atoms with Gasteiger partial charge in [-0.05, 0) is 88.1 Å². The summed E-state index contributed by atoms with van der Waals surface area (Å²) in [6, 6.07) is 15.0. The number of carbonyl (C=O) groups is 1. The van der Waals surface area contributed by atoms with Crippen molar-refractivity contribution in [3.63, 3.8) is 0 Å². The maximum Gasteiger partial charge on any atom is 0.255 e. The van der Waals surface area contributed by atoms with E-state index in [9.17, 15) is 9.90 Å². The third kappa shape index (κ3) is 6.44. The van der Waals surface area contributed by atoms with Crippen LogP contribution in [0.2, 0.25) is 0 Å². The number of aliphatic hydroxyl groups excluding tert-OH is 1. The Labute approximate surface area is 246 Å². The molecule has 0 spiro atoms. The van der Waals surface area contributed by atoms with Gasteiger partial charge in [-0.15, -0.1) is 0 Å². The van der Waals surface area contributed by atoms with Crippen molar-refractivity contribution in [2.75, 3.05) is 34.0 Å². The van der Waals surface area contributed by atoms with Gasteiger partial charge in [0.1, 0.15) is 0 Å². The van der Waals surface area contributed by atoms with Crippen molar-refractivity contribution in [2.45, 2.75) is 51.6 Å². The third-order valence-corrected chi connectivity index (χ3v) is 7.39. The third-order valence-electron chi connectivity index (χ3n) is 7.39. The van der Waals surface area contributed by atoms with E-state index in [4.69, 9.17) is 9.97 Å². The smallest absolute Gasteiger partial charge is 0.255 e. The molecule has 0 radical (unpaired) electrons. The van der Waals surface area contributed by atoms with Crippen LogP contribution in [0.3, 0.4) is 0 Å². The summed E-state index contributed by atoms with van der Waals surface area (Å²) in [5.41, 5.74) is 4.86. The van der Waals surface area contributed by atoms with E-state index in [1.165, 1.54) is 0 Å². The van der Waals surface area contributed by atoms with Crippen LogP contribution in [0.1, 0.15) is 55.9 Å². The summed E-state index contributed by atoms with van der Waals surface area (Å²) in [5.74, 6) is 1.00. The van der Waals surface area contributed by atoms with E-state index in [-0.39, 0.29) is 24.6 Å². The number of piperidine rings is 1. The summed E-state index contributed by atoms with van der Waals surface area (Å²) in [6.45, 7) is 12.7. The lowest BCUT2D eigenvalue weighted by Crippen LogP contribution is -2.41. The van der Waals surface area contributed by atoms with E-state index >= 15 is 0 Å². The normalized spacial score (nSPS) is 15.0. The van der Waals surface area contributed by atoms with Crippen molar-refractivity contribution in [2.24, 2.45) is 0 Å². The average Bonchev–Trinajstić information content (AvgIpc) is 3.43. The Kier molecular flexibility index (Phi) is 8.83. The molecular weight excluding hydrogens is 528 g/mol. The van der Waals surface area contributed by atoms with Crippen LogP contribution < -0.4 is 20.9 Å². The standard InChI is InChI=1S/C32H38N8O2/c1-5-22(4)34-24-14-12-23(13-15-24)31(42)36-26-10-8-9-25(19-26)35-29-28-30(40(20-33-28)21(2)3)38-32(37-29)39-17-7-6-11-27(39)16-18-41/h5,8-10,12-15,19-21,27,34,41H,1,4,6-7,11,16-18H2,2-3H3,(H,36,42)(H,35,37,38). The first-order valence-electron chi connectivity index (χ1n) is 14.3. The summed E-state index contributed by atoms with van der Waals surface area (Å²) < 4.78 is 2.04. The van der Waals surface area contributed by atoms with Crippen molar-refractivity contribution in [3.05, 3.63) is 85.4 Å². The highest BCUT2D eigenvalue weighted by Crippen LogP contribution is 2.31. The van der Waals surface area contributed by atoms with E-state index in [2.05, 4.69) is 52.8 Å². The number of allylic oxidation sites excluding steroid dienone is 1. The first-order chi connectivity index (χ1) is 20.4. The van der Waals surface area contributed by atoms with E-state index < -0.39 is 0 Å². The van der Waals surface area contributed by atoms with Crippen LogP contribution in [0.15, 0.2) is 79.8 Å². The number of imidazole rings is 1. The molecule has 1 unspecified atom stereocenters. The molecule has 5 rings (SSSR count). The Morgan fingerprint density at radius 1 is 1.10 bits per heavy atom. The quantitative estimate of drug-likeness (QED) is 0.157. The molecule has 3 heterocycles. The van der Waals surface area contributed by atoms with Crippen molar-refractivity contribution in [1.82, 2.24) is 19.5 Å². The second kappa shape index (κ2) is 12.9. The van der Waals surface area contributed by atoms with Gasteiger partial charge in [0.15, 0.2) is 17.0 Å². The Hall–Kier alpha value is -4.70. The number of aromatic nitrogens is 4. The summed E-state index contributed by atoms with van der Waals surface area (Å²) >= 11 is 0. The number of nitrogens with zero attached hydrogens (tertiary/aromatic N) is 5. The number of amides is 1. The van der Waals surface area contributed by atoms with Gasteiger partial charge in [0.25, 0.3) is 5.91 Å². The molecule has 1 saturated heterocycles. The predicted molar refractivity (Wildman–Crippen MR) is 169 cm³/mol. The minimum atomic E-state index is -0.219. The van der Waals surface area contributed by atoms with Crippen LogP contribution in [-0.4, -0.2) is 49.7 Å². The Balaban J connectivity index is 1.40. The molecule has 10 nitrogen and oxygen atoms in total. The number of fused-ring (bicyclic) bond motifs is 1. The molecule has 0 bridgehead atoms. The molecule has 0 aliphatic carbocycles. The summed E-state index contributed by atoms with van der Waals surface area (Å²) in [7, 11) is 0. The number of benzene rings is 2. The molecule has 0 saturated carbocycles. The highest BCUT2D eigenvalue weighted by atomic mass is 16.3. The lowest BCUT2D eigenvalue weighted by Gasteiger charge is -2.35. The van der Waals surface area contributed by atoms with Gasteiger partial charge in [0.2, 0.25) is 5.95 Å². The molecule has 42 heavy (non-hydrogen) atoms. The number of anilines is 5. The highest BCUT2D eigenvalue weighted by molar-refractivity contribution is 6.04. The fourth-order valence-corrected chi connectivity index (χ4v) is 5.17. The van der Waals surface area contributed by atoms with Gasteiger partial charge in [-0.1, -0.05) is 19.2 Å². The van der Waals surface area contributed by atoms with E-state index in [1.54, 1.807) is 24.5 Å². The maximum absolute atomic E-state index is 13.0. The largest absolute Gasteiger partial charge is 0.396 e. The van der Waals surface area contributed by atoms with Crippen LogP contribution in [0, 0.1) is 0 Å². The molecule has 2 aromatic heterocycles. The van der Waals surface area contributed by atoms with Gasteiger partial charge in [0.05, 0.1) is 6.33 Å². The first kappa shape index (κ1) is 28.8. The summed E-state index contributed by atoms with van der Waals surface area (Å²) in [6.07, 6.45) is 7.29. The van der Waals surface area contributed by atoms with Crippen LogP contribution in [0.4, 0.5) is 28.8 Å². The average molecular weight is 567 g/mol. The van der Waals surface area contributed by atoms with Crippen molar-refractivity contribution in [1.29, 1.82) is 0 Å². The molecule has 1 amide bonds. The van der Waals surface area contributed by atoms with E-state index in [0.29, 0.717) is 40.7 Å².